The molecule has 0 heterocycles. The molecule has 18 heavy (non-hydrogen) atoms. The molecule has 1 aliphatic carbocycles. The summed E-state index contributed by atoms with van der Waals surface area (Å²) in [6.45, 7) is 6.48. The fraction of sp³-hybridized carbons (Fsp3) is 0.833. The second kappa shape index (κ2) is 5.54. The van der Waals surface area contributed by atoms with Gasteiger partial charge in [0.25, 0.3) is 0 Å². The quantitative estimate of drug-likeness (QED) is 0.771. The van der Waals surface area contributed by atoms with Crippen molar-refractivity contribution in [2.45, 2.75) is 64.5 Å². The molecule has 0 unspecified atom stereocenters. The first kappa shape index (κ1) is 14.7. The smallest absolute Gasteiger partial charge is 0.408 e. The molecule has 0 aromatic heterocycles. The number of nitrogens with one attached hydrogen (secondary N) is 1. The molecule has 1 rings (SSSR count). The maximum absolute atomic E-state index is 13.3. The highest BCUT2D eigenvalue weighted by Crippen LogP contribution is 2.25. The fourth-order valence-corrected chi connectivity index (χ4v) is 1.89. The largest absolute Gasteiger partial charge is 0.460 e. The van der Waals surface area contributed by atoms with Crippen molar-refractivity contribution in [2.75, 3.05) is 0 Å². The highest BCUT2D eigenvalue weighted by molar-refractivity contribution is 5.69. The van der Waals surface area contributed by atoms with Gasteiger partial charge in [0.15, 0.2) is 0 Å². The summed E-state index contributed by atoms with van der Waals surface area (Å²) < 4.78 is 23.3. The zero-order valence-corrected chi connectivity index (χ0v) is 11.2. The van der Waals surface area contributed by atoms with Gasteiger partial charge < -0.3 is 14.8 Å². The highest BCUT2D eigenvalue weighted by atomic mass is 19.1. The lowest BCUT2D eigenvalue weighted by Crippen LogP contribution is -2.44. The van der Waals surface area contributed by atoms with Crippen LogP contribution in [-0.2, 0) is 14.3 Å². The number of carbonyl (C=O) groups is 2. The Bertz CT molecular complexity index is 327. The van der Waals surface area contributed by atoms with E-state index < -0.39 is 36.0 Å². The lowest BCUT2D eigenvalue weighted by molar-refractivity contribution is -0.147. The molecule has 0 spiro atoms. The standard InChI is InChI=1S/C12H20FNO4/c1-7(15)17-10-6-8(13)5-9(10)14-11(16)18-12(2,3)4/h8-10H,5-6H2,1-4H3,(H,14,16)/t8-,9-,10-/m0/s1. The molecule has 0 radical (unpaired) electrons. The summed E-state index contributed by atoms with van der Waals surface area (Å²) in [6.07, 6.45) is -2.07. The van der Waals surface area contributed by atoms with Crippen molar-refractivity contribution < 1.29 is 23.5 Å². The number of rotatable bonds is 2. The normalized spacial score (nSPS) is 27.7. The van der Waals surface area contributed by atoms with E-state index >= 15 is 0 Å². The minimum atomic E-state index is -1.07. The topological polar surface area (TPSA) is 64.6 Å². The van der Waals surface area contributed by atoms with Gasteiger partial charge in [0.05, 0.1) is 6.04 Å². The molecule has 104 valence electrons. The van der Waals surface area contributed by atoms with E-state index in [1.165, 1.54) is 6.92 Å². The van der Waals surface area contributed by atoms with Gasteiger partial charge in [-0.2, -0.15) is 0 Å². The number of alkyl carbamates (subject to hydrolysis) is 1. The van der Waals surface area contributed by atoms with Crippen LogP contribution in [0.15, 0.2) is 0 Å². The zero-order chi connectivity index (χ0) is 13.9. The van der Waals surface area contributed by atoms with Crippen molar-refractivity contribution in [2.24, 2.45) is 0 Å². The van der Waals surface area contributed by atoms with Crippen molar-refractivity contribution in [3.63, 3.8) is 0 Å². The average Bonchev–Trinajstić information content (AvgIpc) is 2.41. The van der Waals surface area contributed by atoms with Crippen molar-refractivity contribution >= 4 is 12.1 Å². The van der Waals surface area contributed by atoms with Crippen LogP contribution in [0.4, 0.5) is 9.18 Å². The van der Waals surface area contributed by atoms with Gasteiger partial charge in [0.1, 0.15) is 17.9 Å². The first-order valence-corrected chi connectivity index (χ1v) is 5.98. The van der Waals surface area contributed by atoms with E-state index in [1.54, 1.807) is 20.8 Å². The number of alkyl halides is 1. The summed E-state index contributed by atoms with van der Waals surface area (Å²) >= 11 is 0. The molecular formula is C12H20FNO4. The maximum Gasteiger partial charge on any atom is 0.408 e. The summed E-state index contributed by atoms with van der Waals surface area (Å²) in [5, 5.41) is 2.54. The van der Waals surface area contributed by atoms with Crippen LogP contribution < -0.4 is 5.32 Å². The van der Waals surface area contributed by atoms with Gasteiger partial charge in [-0.25, -0.2) is 9.18 Å². The highest BCUT2D eigenvalue weighted by Gasteiger charge is 2.38. The summed E-state index contributed by atoms with van der Waals surface area (Å²) in [6, 6.07) is -0.529. The number of amides is 1. The van der Waals surface area contributed by atoms with Gasteiger partial charge in [-0.15, -0.1) is 0 Å². The molecule has 1 aliphatic rings. The van der Waals surface area contributed by atoms with E-state index in [9.17, 15) is 14.0 Å². The van der Waals surface area contributed by atoms with Gasteiger partial charge in [-0.3, -0.25) is 4.79 Å². The molecule has 1 saturated carbocycles. The Hall–Kier alpha value is -1.33. The van der Waals surface area contributed by atoms with Crippen LogP contribution in [0.3, 0.4) is 0 Å². The predicted molar refractivity (Wildman–Crippen MR) is 62.8 cm³/mol. The number of hydrogen-bond acceptors (Lipinski definition) is 4. The number of carbonyl (C=O) groups excluding carboxylic acids is 2. The van der Waals surface area contributed by atoms with Crippen molar-refractivity contribution in [3.8, 4) is 0 Å². The Balaban J connectivity index is 2.53. The number of hydrogen-bond donors (Lipinski definition) is 1. The second-order valence-corrected chi connectivity index (χ2v) is 5.47. The monoisotopic (exact) mass is 261 g/mol. The molecule has 0 bridgehead atoms. The fourth-order valence-electron chi connectivity index (χ4n) is 1.89. The first-order chi connectivity index (χ1) is 8.17. The van der Waals surface area contributed by atoms with Crippen molar-refractivity contribution in [3.05, 3.63) is 0 Å². The van der Waals surface area contributed by atoms with Gasteiger partial charge in [0.2, 0.25) is 0 Å². The number of esters is 1. The van der Waals surface area contributed by atoms with Crippen LogP contribution in [0, 0.1) is 0 Å². The summed E-state index contributed by atoms with van der Waals surface area (Å²) in [5.74, 6) is -0.481. The molecule has 3 atom stereocenters. The number of ether oxygens (including phenoxy) is 2. The average molecular weight is 261 g/mol. The maximum atomic E-state index is 13.3. The van der Waals surface area contributed by atoms with Crippen LogP contribution in [0.2, 0.25) is 0 Å². The Kier molecular flexibility index (Phi) is 4.53. The van der Waals surface area contributed by atoms with E-state index in [-0.39, 0.29) is 12.8 Å². The second-order valence-electron chi connectivity index (χ2n) is 5.47. The third-order valence-electron chi connectivity index (χ3n) is 2.47. The van der Waals surface area contributed by atoms with Crippen LogP contribution >= 0.6 is 0 Å². The molecule has 0 aromatic rings. The Labute approximate surface area is 106 Å². The Morgan fingerprint density at radius 1 is 1.28 bits per heavy atom. The molecule has 1 fully saturated rings. The van der Waals surface area contributed by atoms with Crippen LogP contribution in [0.5, 0.6) is 0 Å². The Morgan fingerprint density at radius 2 is 1.89 bits per heavy atom. The van der Waals surface area contributed by atoms with E-state index in [0.29, 0.717) is 0 Å². The summed E-state index contributed by atoms with van der Waals surface area (Å²) in [5.41, 5.74) is -0.616. The molecule has 0 saturated heterocycles. The molecule has 0 aromatic carbocycles. The van der Waals surface area contributed by atoms with Gasteiger partial charge in [-0.05, 0) is 20.8 Å². The molecule has 5 nitrogen and oxygen atoms in total. The van der Waals surface area contributed by atoms with Gasteiger partial charge in [0, 0.05) is 19.8 Å². The van der Waals surface area contributed by atoms with Gasteiger partial charge in [-0.1, -0.05) is 0 Å². The molecule has 1 N–H and O–H groups in total. The molecule has 1 amide bonds. The zero-order valence-electron chi connectivity index (χ0n) is 11.2. The first-order valence-electron chi connectivity index (χ1n) is 5.98. The van der Waals surface area contributed by atoms with E-state index in [4.69, 9.17) is 9.47 Å². The number of halogens is 1. The van der Waals surface area contributed by atoms with Crippen LogP contribution in [-0.4, -0.2) is 36.0 Å². The lowest BCUT2D eigenvalue weighted by atomic mass is 10.2. The van der Waals surface area contributed by atoms with E-state index in [0.717, 1.165) is 0 Å². The van der Waals surface area contributed by atoms with E-state index in [2.05, 4.69) is 5.32 Å². The lowest BCUT2D eigenvalue weighted by Gasteiger charge is -2.24. The van der Waals surface area contributed by atoms with Gasteiger partial charge >= 0.3 is 12.1 Å². The molecule has 6 heteroatoms. The van der Waals surface area contributed by atoms with Crippen molar-refractivity contribution in [1.82, 2.24) is 5.32 Å². The predicted octanol–water partition coefficient (Wildman–Crippen LogP) is 1.94. The van der Waals surface area contributed by atoms with Crippen LogP contribution in [0.1, 0.15) is 40.5 Å². The SMILES string of the molecule is CC(=O)O[C@H]1C[C@@H](F)C[C@@H]1NC(=O)OC(C)(C)C. The summed E-state index contributed by atoms with van der Waals surface area (Å²) in [7, 11) is 0. The third kappa shape index (κ3) is 4.89. The Morgan fingerprint density at radius 3 is 2.39 bits per heavy atom. The van der Waals surface area contributed by atoms with E-state index in [1.807, 2.05) is 0 Å². The van der Waals surface area contributed by atoms with Crippen LogP contribution in [0.25, 0.3) is 0 Å². The third-order valence-corrected chi connectivity index (χ3v) is 2.47. The summed E-state index contributed by atoms with van der Waals surface area (Å²) in [4.78, 5) is 22.4. The van der Waals surface area contributed by atoms with Crippen molar-refractivity contribution in [1.29, 1.82) is 0 Å². The minimum absolute atomic E-state index is 0.111. The molecule has 0 aliphatic heterocycles. The molecular weight excluding hydrogens is 241 g/mol. The minimum Gasteiger partial charge on any atom is -0.460 e.